The zero-order chi connectivity index (χ0) is 30.6. The molecule has 0 fully saturated rings. The van der Waals surface area contributed by atoms with Gasteiger partial charge in [-0.15, -0.1) is 21.5 Å². The molecule has 0 unspecified atom stereocenters. The third kappa shape index (κ3) is 7.23. The minimum atomic E-state index is -1.18. The summed E-state index contributed by atoms with van der Waals surface area (Å²) in [6, 6.07) is 9.44. The number of carbonyl (C=O) groups excluding carboxylic acids is 1. The largest absolute Gasteiger partial charge is 0.464 e. The number of para-hydroxylation sites is 1. The first-order valence-corrected chi connectivity index (χ1v) is 20.1. The van der Waals surface area contributed by atoms with Crippen molar-refractivity contribution >= 4 is 63.7 Å². The highest BCUT2D eigenvalue weighted by Crippen LogP contribution is 2.38. The van der Waals surface area contributed by atoms with Crippen LogP contribution < -0.4 is 15.0 Å². The molecule has 1 N–H and O–H groups in total. The second-order valence-electron chi connectivity index (χ2n) is 11.9. The molecule has 0 atom stereocenters. The van der Waals surface area contributed by atoms with Gasteiger partial charge in [0.05, 0.1) is 17.3 Å². The van der Waals surface area contributed by atoms with Gasteiger partial charge >= 0.3 is 5.97 Å². The van der Waals surface area contributed by atoms with Crippen LogP contribution in [0, 0.1) is 6.92 Å². The number of fused-ring (bicyclic) bond motifs is 2. The Morgan fingerprint density at radius 1 is 1.19 bits per heavy atom. The minimum absolute atomic E-state index is 0.392. The predicted octanol–water partition coefficient (Wildman–Crippen LogP) is 5.83. The van der Waals surface area contributed by atoms with Crippen molar-refractivity contribution in [3.05, 3.63) is 50.8 Å². The molecule has 1 aromatic carbocycles. The number of ether oxygens (including phenoxy) is 2. The molecule has 0 saturated carbocycles. The summed E-state index contributed by atoms with van der Waals surface area (Å²) >= 11 is 3.17. The van der Waals surface area contributed by atoms with E-state index in [2.05, 4.69) is 58.6 Å². The summed E-state index contributed by atoms with van der Waals surface area (Å²) < 4.78 is 14.5. The van der Waals surface area contributed by atoms with Crippen molar-refractivity contribution in [1.82, 2.24) is 25.1 Å². The number of carbonyl (C=O) groups is 1. The van der Waals surface area contributed by atoms with Gasteiger partial charge in [-0.05, 0) is 64.4 Å². The van der Waals surface area contributed by atoms with Crippen molar-refractivity contribution in [2.45, 2.75) is 65.0 Å². The Hall–Kier alpha value is -2.97. The van der Waals surface area contributed by atoms with Crippen LogP contribution in [-0.4, -0.2) is 67.6 Å². The van der Waals surface area contributed by atoms with Crippen LogP contribution >= 0.6 is 22.7 Å². The maximum Gasteiger partial charge on any atom is 0.357 e. The van der Waals surface area contributed by atoms with E-state index in [4.69, 9.17) is 24.5 Å². The number of nitrogens with zero attached hydrogens (tertiary/aromatic N) is 6. The van der Waals surface area contributed by atoms with Crippen LogP contribution in [0.5, 0.6) is 0 Å². The van der Waals surface area contributed by atoms with Crippen LogP contribution in [0.15, 0.2) is 29.3 Å². The number of rotatable bonds is 12. The molecule has 0 bridgehead atoms. The normalized spacial score (nSPS) is 14.0. The van der Waals surface area contributed by atoms with Gasteiger partial charge in [-0.3, -0.25) is 4.57 Å². The molecule has 13 heteroatoms. The van der Waals surface area contributed by atoms with E-state index in [1.165, 1.54) is 18.4 Å². The highest BCUT2D eigenvalue weighted by atomic mass is 32.1. The first-order chi connectivity index (χ1) is 20.7. The fourth-order valence-corrected chi connectivity index (χ4v) is 7.92. The third-order valence-electron chi connectivity index (χ3n) is 7.49. The van der Waals surface area contributed by atoms with Crippen LogP contribution in [0.1, 0.15) is 39.3 Å². The van der Waals surface area contributed by atoms with Crippen molar-refractivity contribution < 1.29 is 14.3 Å². The van der Waals surface area contributed by atoms with Gasteiger partial charge in [0.1, 0.15) is 6.73 Å². The summed E-state index contributed by atoms with van der Waals surface area (Å²) in [6.07, 6.45) is 3.48. The van der Waals surface area contributed by atoms with Crippen LogP contribution in [0.3, 0.4) is 0 Å². The average Bonchev–Trinajstić information content (AvgIpc) is 3.57. The van der Waals surface area contributed by atoms with Gasteiger partial charge in [0, 0.05) is 37.2 Å². The summed E-state index contributed by atoms with van der Waals surface area (Å²) in [5.41, 5.74) is 3.62. The van der Waals surface area contributed by atoms with Gasteiger partial charge in [0.25, 0.3) is 0 Å². The fraction of sp³-hybridized carbons (Fsp3) is 0.500. The number of esters is 1. The van der Waals surface area contributed by atoms with E-state index in [0.29, 0.717) is 18.2 Å². The number of thiazole rings is 2. The zero-order valence-electron chi connectivity index (χ0n) is 25.9. The summed E-state index contributed by atoms with van der Waals surface area (Å²) in [7, 11) is 2.14. The lowest BCUT2D eigenvalue weighted by atomic mass is 10.0. The highest BCUT2D eigenvalue weighted by Gasteiger charge is 2.28. The van der Waals surface area contributed by atoms with Gasteiger partial charge in [-0.25, -0.2) is 9.78 Å². The topological polar surface area (TPSA) is 107 Å². The van der Waals surface area contributed by atoms with Gasteiger partial charge in [0.2, 0.25) is 0 Å². The number of methoxy groups -OCH3 is 1. The Kier molecular flexibility index (Phi) is 10.1. The van der Waals surface area contributed by atoms with E-state index >= 15 is 0 Å². The number of hydrogen-bond donors (Lipinski definition) is 1. The van der Waals surface area contributed by atoms with E-state index in [0.717, 1.165) is 93.4 Å². The molecule has 0 saturated heterocycles. The third-order valence-corrected chi connectivity index (χ3v) is 11.4. The molecular weight excluding hydrogens is 599 g/mol. The molecule has 1 aliphatic heterocycles. The Labute approximate surface area is 261 Å². The molecule has 1 aliphatic rings. The summed E-state index contributed by atoms with van der Waals surface area (Å²) in [5, 5.41) is 13.2. The van der Waals surface area contributed by atoms with Crippen molar-refractivity contribution in [2.75, 3.05) is 38.8 Å². The van der Waals surface area contributed by atoms with E-state index in [1.807, 2.05) is 19.2 Å². The van der Waals surface area contributed by atoms with Crippen LogP contribution in [0.2, 0.25) is 25.7 Å². The Bertz CT molecular complexity index is 1660. The molecule has 0 aliphatic carbocycles. The van der Waals surface area contributed by atoms with E-state index in [1.54, 1.807) is 11.3 Å². The maximum absolute atomic E-state index is 12.5. The average molecular weight is 640 g/mol. The van der Waals surface area contributed by atoms with E-state index in [-0.39, 0.29) is 0 Å². The van der Waals surface area contributed by atoms with E-state index in [9.17, 15) is 4.79 Å². The Morgan fingerprint density at radius 3 is 2.77 bits per heavy atom. The molecule has 4 aromatic rings. The van der Waals surface area contributed by atoms with Crippen molar-refractivity contribution in [2.24, 2.45) is 4.99 Å². The molecule has 230 valence electrons. The van der Waals surface area contributed by atoms with Crippen LogP contribution in [0.4, 0.5) is 16.8 Å². The second kappa shape index (κ2) is 13.8. The standard InChI is InChI=1S/C30H41N7O3S2Si/c1-20-21-11-10-16-36(29-32-25(28(38)39-3)24(42-29)14-9-15-31-2)27(21)35-34-26(20)33-30-37(19-40-17-18-43(4,5)6)22-12-7-8-13-23(22)41-30/h7-8,12-13,31H,9-11,14-19H2,1-6H3. The minimum Gasteiger partial charge on any atom is -0.464 e. The molecule has 0 spiro atoms. The molecule has 43 heavy (non-hydrogen) atoms. The van der Waals surface area contributed by atoms with Gasteiger partial charge in [0.15, 0.2) is 27.3 Å². The Balaban J connectivity index is 1.48. The smallest absolute Gasteiger partial charge is 0.357 e. The van der Waals surface area contributed by atoms with Gasteiger partial charge in [-0.1, -0.05) is 43.1 Å². The molecule has 0 amide bonds. The highest BCUT2D eigenvalue weighted by molar-refractivity contribution is 7.16. The first-order valence-electron chi connectivity index (χ1n) is 14.8. The number of nitrogens with one attached hydrogen (secondary N) is 1. The molecule has 10 nitrogen and oxygen atoms in total. The van der Waals surface area contributed by atoms with Gasteiger partial charge in [-0.2, -0.15) is 4.99 Å². The number of aromatic nitrogens is 4. The monoisotopic (exact) mass is 639 g/mol. The van der Waals surface area contributed by atoms with Crippen LogP contribution in [0.25, 0.3) is 10.2 Å². The predicted molar refractivity (Wildman–Crippen MR) is 177 cm³/mol. The lowest BCUT2D eigenvalue weighted by Crippen LogP contribution is -2.27. The first kappa shape index (κ1) is 31.5. The fourth-order valence-electron chi connectivity index (χ4n) is 5.02. The van der Waals surface area contributed by atoms with Crippen LogP contribution in [-0.2, 0) is 29.0 Å². The number of anilines is 2. The van der Waals surface area contributed by atoms with Crippen molar-refractivity contribution in [1.29, 1.82) is 0 Å². The molecule has 5 rings (SSSR count). The molecule has 4 heterocycles. The molecule has 0 radical (unpaired) electrons. The number of hydrogen-bond acceptors (Lipinski definition) is 11. The van der Waals surface area contributed by atoms with Crippen molar-refractivity contribution in [3.63, 3.8) is 0 Å². The van der Waals surface area contributed by atoms with Crippen molar-refractivity contribution in [3.8, 4) is 0 Å². The molecule has 3 aromatic heterocycles. The molecular formula is C30H41N7O3S2Si. The Morgan fingerprint density at radius 2 is 2.00 bits per heavy atom. The lowest BCUT2D eigenvalue weighted by molar-refractivity contribution is 0.0593. The summed E-state index contributed by atoms with van der Waals surface area (Å²) in [5.74, 6) is 0.996. The van der Waals surface area contributed by atoms with Gasteiger partial charge < -0.3 is 19.7 Å². The number of benzene rings is 1. The zero-order valence-corrected chi connectivity index (χ0v) is 28.5. The summed E-state index contributed by atoms with van der Waals surface area (Å²) in [4.78, 5) is 26.2. The maximum atomic E-state index is 12.5. The quantitative estimate of drug-likeness (QED) is 0.117. The SMILES string of the molecule is CNCCCc1sc(N2CCCc3c2nnc(N=c2sc4ccccc4n2COCC[Si](C)(C)C)c3C)nc1C(=O)OC. The number of aryl methyl sites for hydroxylation is 1. The lowest BCUT2D eigenvalue weighted by Gasteiger charge is -2.28. The second-order valence-corrected chi connectivity index (χ2v) is 19.6. The summed E-state index contributed by atoms with van der Waals surface area (Å²) in [6.45, 7) is 12.0. The van der Waals surface area contributed by atoms with E-state index < -0.39 is 14.0 Å².